The molecule has 0 bridgehead atoms. The number of hydrogen-bond donors (Lipinski definition) is 1. The highest BCUT2D eigenvalue weighted by Gasteiger charge is 2.21. The van der Waals surface area contributed by atoms with E-state index in [1.807, 2.05) is 19.1 Å². The van der Waals surface area contributed by atoms with Gasteiger partial charge >= 0.3 is 0 Å². The van der Waals surface area contributed by atoms with E-state index >= 15 is 0 Å². The second-order valence-corrected chi connectivity index (χ2v) is 7.23. The highest BCUT2D eigenvalue weighted by Crippen LogP contribution is 2.32. The maximum Gasteiger partial charge on any atom is 0.266 e. The number of ether oxygens (including phenoxy) is 1. The van der Waals surface area contributed by atoms with Gasteiger partial charge in [-0.1, -0.05) is 24.3 Å². The van der Waals surface area contributed by atoms with Crippen molar-refractivity contribution in [2.24, 2.45) is 0 Å². The fourth-order valence-corrected chi connectivity index (χ4v) is 3.59. The van der Waals surface area contributed by atoms with Gasteiger partial charge in [0.25, 0.3) is 6.43 Å². The lowest BCUT2D eigenvalue weighted by atomic mass is 10.0. The number of alkyl halides is 2. The average molecular weight is 414 g/mol. The molecule has 1 aromatic carbocycles. The van der Waals surface area contributed by atoms with Gasteiger partial charge in [0.15, 0.2) is 5.82 Å². The Labute approximate surface area is 172 Å². The second-order valence-electron chi connectivity index (χ2n) is 7.23. The highest BCUT2D eigenvalue weighted by atomic mass is 19.3. The maximum atomic E-state index is 14.6. The van der Waals surface area contributed by atoms with Crippen molar-refractivity contribution in [3.8, 4) is 0 Å². The van der Waals surface area contributed by atoms with Gasteiger partial charge in [-0.05, 0) is 37.5 Å². The Bertz CT molecular complexity index is 1120. The molecule has 3 heterocycles. The summed E-state index contributed by atoms with van der Waals surface area (Å²) in [5.74, 6) is -0.491. The first-order valence-electron chi connectivity index (χ1n) is 9.69. The number of nitrogens with one attached hydrogen (secondary N) is 1. The normalized spacial score (nSPS) is 15.3. The van der Waals surface area contributed by atoms with Crippen molar-refractivity contribution >= 4 is 22.3 Å². The second kappa shape index (κ2) is 8.39. The Hall–Kier alpha value is -3.00. The third-order valence-electron chi connectivity index (χ3n) is 5.23. The standard InChI is InChI=1S/C22H21F3N4O/c1-12(16-4-3-5-17(19(16)23)21(24)25)27-22-18-10-15(14-6-8-30-9-7-14)11-26-20(18)13(2)28-29-22/h3-6,10-12,21H,7-9H2,1-2H3,(H,27,29)/t12-/m1/s1. The number of aromatic nitrogens is 3. The number of nitrogens with zero attached hydrogens (tertiary/aromatic N) is 3. The van der Waals surface area contributed by atoms with Crippen molar-refractivity contribution < 1.29 is 17.9 Å². The van der Waals surface area contributed by atoms with Gasteiger partial charge in [0.2, 0.25) is 0 Å². The molecule has 0 unspecified atom stereocenters. The minimum absolute atomic E-state index is 0.138. The molecule has 1 N–H and O–H groups in total. The van der Waals surface area contributed by atoms with E-state index in [1.54, 1.807) is 13.1 Å². The number of hydrogen-bond acceptors (Lipinski definition) is 5. The van der Waals surface area contributed by atoms with Crippen LogP contribution in [0.4, 0.5) is 19.0 Å². The summed E-state index contributed by atoms with van der Waals surface area (Å²) in [6, 6.07) is 5.37. The van der Waals surface area contributed by atoms with E-state index in [0.717, 1.165) is 29.0 Å². The van der Waals surface area contributed by atoms with Crippen LogP contribution < -0.4 is 5.32 Å². The largest absolute Gasteiger partial charge is 0.377 e. The van der Waals surface area contributed by atoms with Crippen LogP contribution in [0.2, 0.25) is 0 Å². The highest BCUT2D eigenvalue weighted by molar-refractivity contribution is 5.92. The molecule has 2 aromatic heterocycles. The minimum atomic E-state index is -2.88. The van der Waals surface area contributed by atoms with E-state index in [-0.39, 0.29) is 5.56 Å². The van der Waals surface area contributed by atoms with E-state index in [1.165, 1.54) is 12.1 Å². The number of fused-ring (bicyclic) bond motifs is 1. The van der Waals surface area contributed by atoms with E-state index in [4.69, 9.17) is 4.74 Å². The molecule has 0 saturated carbocycles. The fourth-order valence-electron chi connectivity index (χ4n) is 3.59. The molecule has 1 aliphatic heterocycles. The lowest BCUT2D eigenvalue weighted by Crippen LogP contribution is -2.12. The van der Waals surface area contributed by atoms with Gasteiger partial charge in [-0.2, -0.15) is 5.10 Å². The van der Waals surface area contributed by atoms with Crippen molar-refractivity contribution in [3.05, 3.63) is 64.7 Å². The molecule has 8 heteroatoms. The topological polar surface area (TPSA) is 59.9 Å². The number of halogens is 3. The summed E-state index contributed by atoms with van der Waals surface area (Å²) in [5, 5.41) is 12.2. The first-order chi connectivity index (χ1) is 14.5. The van der Waals surface area contributed by atoms with Gasteiger partial charge in [0.05, 0.1) is 36.0 Å². The third-order valence-corrected chi connectivity index (χ3v) is 5.23. The average Bonchev–Trinajstić information content (AvgIpc) is 2.76. The van der Waals surface area contributed by atoms with Gasteiger partial charge in [0, 0.05) is 17.1 Å². The molecule has 1 aliphatic rings. The molecule has 0 fully saturated rings. The Morgan fingerprint density at radius 1 is 1.17 bits per heavy atom. The Morgan fingerprint density at radius 2 is 1.97 bits per heavy atom. The van der Waals surface area contributed by atoms with Crippen molar-refractivity contribution in [1.29, 1.82) is 0 Å². The van der Waals surface area contributed by atoms with Gasteiger partial charge in [-0.15, -0.1) is 5.10 Å². The Balaban J connectivity index is 1.73. The first-order valence-corrected chi connectivity index (χ1v) is 9.69. The minimum Gasteiger partial charge on any atom is -0.377 e. The van der Waals surface area contributed by atoms with Crippen LogP contribution in [0.5, 0.6) is 0 Å². The molecule has 4 rings (SSSR count). The summed E-state index contributed by atoms with van der Waals surface area (Å²) in [6.07, 6.45) is 1.73. The third kappa shape index (κ3) is 3.87. The molecule has 0 amide bonds. The molecule has 156 valence electrons. The van der Waals surface area contributed by atoms with Crippen molar-refractivity contribution in [1.82, 2.24) is 15.2 Å². The summed E-state index contributed by atoms with van der Waals surface area (Å²) >= 11 is 0. The predicted molar refractivity (Wildman–Crippen MR) is 109 cm³/mol. The summed E-state index contributed by atoms with van der Waals surface area (Å²) < 4.78 is 46.1. The quantitative estimate of drug-likeness (QED) is 0.607. The zero-order valence-electron chi connectivity index (χ0n) is 16.6. The fraction of sp³-hybridized carbons (Fsp3) is 0.318. The lowest BCUT2D eigenvalue weighted by Gasteiger charge is -2.19. The molecule has 0 aliphatic carbocycles. The molecule has 1 atom stereocenters. The number of benzene rings is 1. The lowest BCUT2D eigenvalue weighted by molar-refractivity contribution is 0.146. The van der Waals surface area contributed by atoms with Crippen LogP contribution in [-0.2, 0) is 4.74 Å². The number of aryl methyl sites for hydroxylation is 1. The number of pyridine rings is 1. The van der Waals surface area contributed by atoms with E-state index in [0.29, 0.717) is 30.2 Å². The van der Waals surface area contributed by atoms with Crippen LogP contribution >= 0.6 is 0 Å². The number of anilines is 1. The van der Waals surface area contributed by atoms with Crippen LogP contribution in [0, 0.1) is 12.7 Å². The molecule has 0 saturated heterocycles. The van der Waals surface area contributed by atoms with Crippen LogP contribution in [0.1, 0.15) is 48.2 Å². The van der Waals surface area contributed by atoms with Crippen molar-refractivity contribution in [3.63, 3.8) is 0 Å². The summed E-state index contributed by atoms with van der Waals surface area (Å²) in [6.45, 7) is 4.72. The van der Waals surface area contributed by atoms with E-state index in [9.17, 15) is 13.2 Å². The molecular weight excluding hydrogens is 393 g/mol. The van der Waals surface area contributed by atoms with Gasteiger partial charge in [-0.3, -0.25) is 4.98 Å². The summed E-state index contributed by atoms with van der Waals surface area (Å²) in [7, 11) is 0. The first kappa shape index (κ1) is 20.3. The van der Waals surface area contributed by atoms with E-state index < -0.39 is 23.8 Å². The zero-order valence-corrected chi connectivity index (χ0v) is 16.6. The van der Waals surface area contributed by atoms with Crippen LogP contribution in [0.15, 0.2) is 36.5 Å². The molecule has 0 spiro atoms. The van der Waals surface area contributed by atoms with Crippen LogP contribution in [-0.4, -0.2) is 28.4 Å². The van der Waals surface area contributed by atoms with Gasteiger partial charge in [0.1, 0.15) is 5.82 Å². The van der Waals surface area contributed by atoms with Crippen LogP contribution in [0.3, 0.4) is 0 Å². The van der Waals surface area contributed by atoms with Crippen molar-refractivity contribution in [2.75, 3.05) is 18.5 Å². The molecule has 0 radical (unpaired) electrons. The van der Waals surface area contributed by atoms with Gasteiger partial charge < -0.3 is 10.1 Å². The number of rotatable bonds is 5. The maximum absolute atomic E-state index is 14.6. The monoisotopic (exact) mass is 414 g/mol. The van der Waals surface area contributed by atoms with E-state index in [2.05, 4.69) is 20.5 Å². The predicted octanol–water partition coefficient (Wildman–Crippen LogP) is 5.39. The summed E-state index contributed by atoms with van der Waals surface area (Å²) in [4.78, 5) is 4.55. The Kier molecular flexibility index (Phi) is 5.67. The van der Waals surface area contributed by atoms with Crippen molar-refractivity contribution in [2.45, 2.75) is 32.7 Å². The van der Waals surface area contributed by atoms with Crippen LogP contribution in [0.25, 0.3) is 16.5 Å². The SMILES string of the molecule is Cc1nnc(N[C@H](C)c2cccc(C(F)F)c2F)c2cc(C3=CCOCC3)cnc12. The Morgan fingerprint density at radius 3 is 2.70 bits per heavy atom. The smallest absolute Gasteiger partial charge is 0.266 e. The van der Waals surface area contributed by atoms with Gasteiger partial charge in [-0.25, -0.2) is 13.2 Å². The zero-order chi connectivity index (χ0) is 21.3. The molecule has 5 nitrogen and oxygen atoms in total. The molecule has 3 aromatic rings. The molecule has 30 heavy (non-hydrogen) atoms. The summed E-state index contributed by atoms with van der Waals surface area (Å²) in [5.41, 5.74) is 2.97. The molecular formula is C22H21F3N4O.